The van der Waals surface area contributed by atoms with Crippen molar-refractivity contribution in [1.29, 1.82) is 0 Å². The van der Waals surface area contributed by atoms with Gasteiger partial charge in [-0.1, -0.05) is 12.1 Å². The lowest BCUT2D eigenvalue weighted by Crippen LogP contribution is -2.43. The van der Waals surface area contributed by atoms with Crippen LogP contribution >= 0.6 is 0 Å². The largest absolute Gasteiger partial charge is 0.325 e. The van der Waals surface area contributed by atoms with Gasteiger partial charge in [-0.3, -0.25) is 4.79 Å². The molecule has 0 aliphatic carbocycles. The van der Waals surface area contributed by atoms with Crippen LogP contribution in [0.15, 0.2) is 47.4 Å². The van der Waals surface area contributed by atoms with Gasteiger partial charge >= 0.3 is 0 Å². The average molecular weight is 384 g/mol. The van der Waals surface area contributed by atoms with Gasteiger partial charge in [0.05, 0.1) is 0 Å². The summed E-state index contributed by atoms with van der Waals surface area (Å²) >= 11 is 0. The molecule has 138 valence electrons. The molecule has 2 aromatic rings. The highest BCUT2D eigenvalue weighted by molar-refractivity contribution is 7.89. The van der Waals surface area contributed by atoms with Gasteiger partial charge in [0.2, 0.25) is 15.9 Å². The highest BCUT2D eigenvalue weighted by atomic mass is 32.2. The Balaban J connectivity index is 1.84. The molecule has 1 saturated heterocycles. The molecule has 1 amide bonds. The van der Waals surface area contributed by atoms with Crippen LogP contribution in [0.25, 0.3) is 0 Å². The van der Waals surface area contributed by atoms with Crippen molar-refractivity contribution in [1.82, 2.24) is 4.31 Å². The molecule has 1 N–H and O–H groups in total. The summed E-state index contributed by atoms with van der Waals surface area (Å²) in [5.74, 6) is -3.79. The first-order chi connectivity index (χ1) is 12.3. The van der Waals surface area contributed by atoms with E-state index < -0.39 is 44.3 Å². The Morgan fingerprint density at radius 2 is 1.77 bits per heavy atom. The molecule has 3 rings (SSSR count). The van der Waals surface area contributed by atoms with Crippen LogP contribution in [0.5, 0.6) is 0 Å². The predicted octanol–water partition coefficient (Wildman–Crippen LogP) is 2.90. The number of nitrogens with zero attached hydrogens (tertiary/aromatic N) is 1. The maximum absolute atomic E-state index is 13.9. The normalized spacial score (nSPS) is 18.0. The summed E-state index contributed by atoms with van der Waals surface area (Å²) in [4.78, 5) is 12.0. The Bertz CT molecular complexity index is 950. The molecule has 0 saturated carbocycles. The summed E-state index contributed by atoms with van der Waals surface area (Å²) in [6.07, 6.45) is 0.659. The van der Waals surface area contributed by atoms with Crippen molar-refractivity contribution in [2.75, 3.05) is 11.9 Å². The van der Waals surface area contributed by atoms with Gasteiger partial charge in [0.25, 0.3) is 0 Å². The van der Waals surface area contributed by atoms with Crippen LogP contribution in [0.2, 0.25) is 0 Å². The van der Waals surface area contributed by atoms with Crippen molar-refractivity contribution >= 4 is 21.6 Å². The number of halogens is 3. The number of amides is 1. The lowest BCUT2D eigenvalue weighted by Gasteiger charge is -2.23. The highest BCUT2D eigenvalue weighted by Crippen LogP contribution is 2.28. The van der Waals surface area contributed by atoms with Crippen molar-refractivity contribution in [3.63, 3.8) is 0 Å². The van der Waals surface area contributed by atoms with Crippen molar-refractivity contribution < 1.29 is 26.4 Å². The smallest absolute Gasteiger partial charge is 0.246 e. The number of carbonyl (C=O) groups is 1. The van der Waals surface area contributed by atoms with Gasteiger partial charge in [-0.2, -0.15) is 4.31 Å². The molecule has 5 nitrogen and oxygen atoms in total. The van der Waals surface area contributed by atoms with Crippen molar-refractivity contribution in [3.8, 4) is 0 Å². The molecule has 9 heteroatoms. The highest BCUT2D eigenvalue weighted by Gasteiger charge is 2.40. The van der Waals surface area contributed by atoms with E-state index in [4.69, 9.17) is 0 Å². The van der Waals surface area contributed by atoms with E-state index in [0.717, 1.165) is 28.6 Å². The van der Waals surface area contributed by atoms with E-state index in [1.54, 1.807) is 0 Å². The van der Waals surface area contributed by atoms with Gasteiger partial charge in [-0.25, -0.2) is 21.6 Å². The first-order valence-electron chi connectivity index (χ1n) is 7.83. The fourth-order valence-electron chi connectivity index (χ4n) is 2.87. The quantitative estimate of drug-likeness (QED) is 0.882. The second kappa shape index (κ2) is 7.08. The summed E-state index contributed by atoms with van der Waals surface area (Å²) < 4.78 is 66.5. The minimum absolute atomic E-state index is 0.00374. The van der Waals surface area contributed by atoms with Gasteiger partial charge < -0.3 is 5.32 Å². The minimum atomic E-state index is -4.21. The van der Waals surface area contributed by atoms with E-state index in [2.05, 4.69) is 5.32 Å². The zero-order chi connectivity index (χ0) is 18.9. The van der Waals surface area contributed by atoms with Crippen LogP contribution in [0, 0.1) is 17.5 Å². The van der Waals surface area contributed by atoms with Gasteiger partial charge in [-0.15, -0.1) is 0 Å². The number of hydrogen-bond donors (Lipinski definition) is 1. The Morgan fingerprint density at radius 1 is 1.04 bits per heavy atom. The number of hydrogen-bond acceptors (Lipinski definition) is 3. The molecule has 0 radical (unpaired) electrons. The standard InChI is InChI=1S/C17H15F3N2O3S/c18-12-8-7-11(10-14(12)20)21-17(23)15-5-3-9-22(15)26(24,25)16-6-2-1-4-13(16)19/h1-2,4,6-8,10,15H,3,5,9H2,(H,21,23)/t15-/m0/s1. The summed E-state index contributed by atoms with van der Waals surface area (Å²) in [5.41, 5.74) is 0.00374. The Kier molecular flexibility index (Phi) is 5.01. The van der Waals surface area contributed by atoms with Crippen molar-refractivity contribution in [2.45, 2.75) is 23.8 Å². The van der Waals surface area contributed by atoms with E-state index in [1.807, 2.05) is 0 Å². The minimum Gasteiger partial charge on any atom is -0.325 e. The first kappa shape index (κ1) is 18.4. The van der Waals surface area contributed by atoms with Gasteiger partial charge in [-0.05, 0) is 37.1 Å². The van der Waals surface area contributed by atoms with Gasteiger partial charge in [0.15, 0.2) is 11.6 Å². The molecule has 0 bridgehead atoms. The second-order valence-corrected chi connectivity index (χ2v) is 7.68. The zero-order valence-corrected chi connectivity index (χ0v) is 14.3. The Hall–Kier alpha value is -2.39. The fourth-order valence-corrected chi connectivity index (χ4v) is 4.59. The van der Waals surface area contributed by atoms with Crippen LogP contribution in [-0.2, 0) is 14.8 Å². The molecule has 2 aromatic carbocycles. The summed E-state index contributed by atoms with van der Waals surface area (Å²) in [7, 11) is -4.21. The summed E-state index contributed by atoms with van der Waals surface area (Å²) in [5, 5.41) is 2.37. The van der Waals surface area contributed by atoms with Crippen LogP contribution < -0.4 is 5.32 Å². The SMILES string of the molecule is O=C(Nc1ccc(F)c(F)c1)[C@@H]1CCCN1S(=O)(=O)c1ccccc1F. The monoisotopic (exact) mass is 384 g/mol. The second-order valence-electron chi connectivity index (χ2n) is 5.82. The van der Waals surface area contributed by atoms with E-state index in [1.165, 1.54) is 18.2 Å². The number of carbonyl (C=O) groups excluding carboxylic acids is 1. The molecule has 0 aromatic heterocycles. The van der Waals surface area contributed by atoms with Crippen molar-refractivity contribution in [2.24, 2.45) is 0 Å². The molecule has 1 atom stereocenters. The van der Waals surface area contributed by atoms with E-state index >= 15 is 0 Å². The van der Waals surface area contributed by atoms with Gasteiger partial charge in [0.1, 0.15) is 16.8 Å². The molecule has 0 unspecified atom stereocenters. The molecule has 0 spiro atoms. The number of sulfonamides is 1. The Labute approximate surface area is 148 Å². The number of rotatable bonds is 4. The number of anilines is 1. The van der Waals surface area contributed by atoms with Crippen LogP contribution in [0.1, 0.15) is 12.8 Å². The fraction of sp³-hybridized carbons (Fsp3) is 0.235. The third kappa shape index (κ3) is 3.45. The van der Waals surface area contributed by atoms with Crippen molar-refractivity contribution in [3.05, 3.63) is 59.9 Å². The predicted molar refractivity (Wildman–Crippen MR) is 88.3 cm³/mol. The third-order valence-corrected chi connectivity index (χ3v) is 6.06. The topological polar surface area (TPSA) is 66.5 Å². The molecular weight excluding hydrogens is 369 g/mol. The maximum Gasteiger partial charge on any atom is 0.246 e. The molecular formula is C17H15F3N2O3S. The molecule has 26 heavy (non-hydrogen) atoms. The Morgan fingerprint density at radius 3 is 2.46 bits per heavy atom. The lowest BCUT2D eigenvalue weighted by molar-refractivity contribution is -0.119. The van der Waals surface area contributed by atoms with Crippen LogP contribution in [0.3, 0.4) is 0 Å². The lowest BCUT2D eigenvalue weighted by atomic mass is 10.2. The van der Waals surface area contributed by atoms with E-state index in [-0.39, 0.29) is 18.7 Å². The van der Waals surface area contributed by atoms with Gasteiger partial charge in [0, 0.05) is 18.3 Å². The molecule has 1 aliphatic heterocycles. The molecule has 1 fully saturated rings. The average Bonchev–Trinajstić information content (AvgIpc) is 3.09. The first-order valence-corrected chi connectivity index (χ1v) is 9.27. The van der Waals surface area contributed by atoms with E-state index in [0.29, 0.717) is 6.42 Å². The number of benzene rings is 2. The summed E-state index contributed by atoms with van der Waals surface area (Å²) in [6.45, 7) is 0.0620. The summed E-state index contributed by atoms with van der Waals surface area (Å²) in [6, 6.07) is 6.68. The van der Waals surface area contributed by atoms with Crippen LogP contribution in [-0.4, -0.2) is 31.2 Å². The maximum atomic E-state index is 13.9. The van der Waals surface area contributed by atoms with E-state index in [9.17, 15) is 26.4 Å². The third-order valence-electron chi connectivity index (χ3n) is 4.12. The zero-order valence-electron chi connectivity index (χ0n) is 13.5. The van der Waals surface area contributed by atoms with Crippen LogP contribution in [0.4, 0.5) is 18.9 Å². The number of nitrogens with one attached hydrogen (secondary N) is 1. The molecule has 1 heterocycles. The molecule has 1 aliphatic rings.